The van der Waals surface area contributed by atoms with Crippen molar-refractivity contribution in [2.24, 2.45) is 0 Å². The lowest BCUT2D eigenvalue weighted by Crippen LogP contribution is -2.42. The third-order valence-electron chi connectivity index (χ3n) is 3.18. The highest BCUT2D eigenvalue weighted by Crippen LogP contribution is 2.22. The van der Waals surface area contributed by atoms with Gasteiger partial charge in [0.2, 0.25) is 11.8 Å². The molecule has 9 heteroatoms. The molecule has 0 radical (unpaired) electrons. The number of hydrogen-bond donors (Lipinski definition) is 2. The average Bonchev–Trinajstić information content (AvgIpc) is 3.15. The number of amides is 2. The first kappa shape index (κ1) is 18.0. The maximum absolute atomic E-state index is 11.9. The molecule has 1 heterocycles. The predicted molar refractivity (Wildman–Crippen MR) is 97.5 cm³/mol. The van der Waals surface area contributed by atoms with E-state index < -0.39 is 11.8 Å². The van der Waals surface area contributed by atoms with Crippen LogP contribution >= 0.6 is 23.4 Å². The molecule has 132 valence electrons. The second-order valence-corrected chi connectivity index (χ2v) is 6.40. The van der Waals surface area contributed by atoms with Crippen molar-refractivity contribution in [3.05, 3.63) is 65.2 Å². The number of halogens is 1. The molecule has 2 aromatic carbocycles. The minimum Gasteiger partial charge on any atom is -0.411 e. The molecule has 3 aromatic rings. The smallest absolute Gasteiger partial charge is 0.277 e. The van der Waals surface area contributed by atoms with Crippen LogP contribution in [0.4, 0.5) is 0 Å². The highest BCUT2D eigenvalue weighted by Gasteiger charge is 2.12. The summed E-state index contributed by atoms with van der Waals surface area (Å²) < 4.78 is 5.49. The van der Waals surface area contributed by atoms with Gasteiger partial charge >= 0.3 is 0 Å². The number of thioether (sulfide) groups is 1. The predicted octanol–water partition coefficient (Wildman–Crippen LogP) is 2.94. The number of nitrogens with zero attached hydrogens (tertiary/aromatic N) is 2. The molecule has 0 aliphatic rings. The first-order chi connectivity index (χ1) is 12.6. The van der Waals surface area contributed by atoms with Crippen LogP contribution in [0.25, 0.3) is 11.5 Å². The molecule has 0 aliphatic heterocycles. The number of hydrazine groups is 1. The minimum atomic E-state index is -0.441. The zero-order chi connectivity index (χ0) is 18.4. The fraction of sp³-hybridized carbons (Fsp3) is 0.0588. The summed E-state index contributed by atoms with van der Waals surface area (Å²) >= 11 is 6.83. The number of nitrogens with one attached hydrogen (secondary N) is 2. The Hall–Kier alpha value is -2.84. The lowest BCUT2D eigenvalue weighted by atomic mass is 10.2. The Morgan fingerprint density at radius 1 is 1.00 bits per heavy atom. The van der Waals surface area contributed by atoms with Crippen LogP contribution in [-0.4, -0.2) is 27.8 Å². The third-order valence-corrected chi connectivity index (χ3v) is 4.25. The molecule has 0 fully saturated rings. The van der Waals surface area contributed by atoms with Crippen LogP contribution in [0.2, 0.25) is 5.02 Å². The van der Waals surface area contributed by atoms with Crippen LogP contribution < -0.4 is 10.9 Å². The van der Waals surface area contributed by atoms with Crippen LogP contribution in [0.3, 0.4) is 0 Å². The molecular formula is C17H13ClN4O3S. The van der Waals surface area contributed by atoms with E-state index in [2.05, 4.69) is 21.0 Å². The lowest BCUT2D eigenvalue weighted by Gasteiger charge is -2.06. The van der Waals surface area contributed by atoms with E-state index >= 15 is 0 Å². The van der Waals surface area contributed by atoms with Gasteiger partial charge < -0.3 is 4.42 Å². The van der Waals surface area contributed by atoms with Crippen molar-refractivity contribution in [3.63, 3.8) is 0 Å². The van der Waals surface area contributed by atoms with Gasteiger partial charge in [0.15, 0.2) is 0 Å². The molecule has 26 heavy (non-hydrogen) atoms. The summed E-state index contributed by atoms with van der Waals surface area (Å²) in [6, 6.07) is 15.6. The van der Waals surface area contributed by atoms with Crippen LogP contribution in [0, 0.1) is 0 Å². The Kier molecular flexibility index (Phi) is 5.88. The monoisotopic (exact) mass is 388 g/mol. The largest absolute Gasteiger partial charge is 0.411 e. The molecule has 3 rings (SSSR count). The van der Waals surface area contributed by atoms with Crippen LogP contribution in [0.15, 0.2) is 64.2 Å². The molecule has 7 nitrogen and oxygen atoms in total. The zero-order valence-corrected chi connectivity index (χ0v) is 14.9. The first-order valence-electron chi connectivity index (χ1n) is 7.48. The summed E-state index contributed by atoms with van der Waals surface area (Å²) in [5, 5.41) is 8.61. The summed E-state index contributed by atoms with van der Waals surface area (Å²) in [5.74, 6) is -0.456. The van der Waals surface area contributed by atoms with Crippen molar-refractivity contribution in [2.75, 3.05) is 5.75 Å². The molecule has 0 atom stereocenters. The molecular weight excluding hydrogens is 376 g/mol. The van der Waals surface area contributed by atoms with Gasteiger partial charge in [-0.3, -0.25) is 20.4 Å². The van der Waals surface area contributed by atoms with E-state index in [0.29, 0.717) is 16.5 Å². The Bertz CT molecular complexity index is 900. The van der Waals surface area contributed by atoms with Gasteiger partial charge in [0.25, 0.3) is 11.1 Å². The second-order valence-electron chi connectivity index (χ2n) is 5.04. The molecule has 0 aliphatic carbocycles. The van der Waals surface area contributed by atoms with Crippen molar-refractivity contribution in [2.45, 2.75) is 5.22 Å². The SMILES string of the molecule is O=C(CSc1nnc(-c2ccccc2)o1)NNC(=O)c1ccc(Cl)cc1. The molecule has 0 saturated carbocycles. The lowest BCUT2D eigenvalue weighted by molar-refractivity contribution is -0.119. The van der Waals surface area contributed by atoms with Gasteiger partial charge in [-0.15, -0.1) is 10.2 Å². The van der Waals surface area contributed by atoms with E-state index in [1.165, 1.54) is 0 Å². The van der Waals surface area contributed by atoms with Crippen molar-refractivity contribution >= 4 is 35.2 Å². The van der Waals surface area contributed by atoms with Gasteiger partial charge in [0.1, 0.15) is 0 Å². The Morgan fingerprint density at radius 2 is 1.73 bits per heavy atom. The summed E-state index contributed by atoms with van der Waals surface area (Å²) in [7, 11) is 0. The fourth-order valence-corrected chi connectivity index (χ4v) is 2.62. The maximum atomic E-state index is 11.9. The molecule has 0 unspecified atom stereocenters. The molecule has 0 bridgehead atoms. The highest BCUT2D eigenvalue weighted by molar-refractivity contribution is 7.99. The Balaban J connectivity index is 1.46. The second kappa shape index (κ2) is 8.50. The van der Waals surface area contributed by atoms with Gasteiger partial charge in [0, 0.05) is 16.1 Å². The van der Waals surface area contributed by atoms with Crippen LogP contribution in [-0.2, 0) is 4.79 Å². The van der Waals surface area contributed by atoms with Crippen molar-refractivity contribution in [1.82, 2.24) is 21.0 Å². The average molecular weight is 389 g/mol. The normalized spacial score (nSPS) is 10.3. The van der Waals surface area contributed by atoms with Gasteiger partial charge in [-0.2, -0.15) is 0 Å². The van der Waals surface area contributed by atoms with Crippen LogP contribution in [0.5, 0.6) is 0 Å². The van der Waals surface area contributed by atoms with Gasteiger partial charge in [-0.05, 0) is 36.4 Å². The Labute approximate surface area is 158 Å². The van der Waals surface area contributed by atoms with E-state index in [1.54, 1.807) is 24.3 Å². The molecule has 2 N–H and O–H groups in total. The number of carbonyl (C=O) groups is 2. The van der Waals surface area contributed by atoms with Gasteiger partial charge in [-0.25, -0.2) is 0 Å². The number of rotatable bonds is 5. The molecule has 0 spiro atoms. The number of benzene rings is 2. The van der Waals surface area contributed by atoms with E-state index in [-0.39, 0.29) is 11.0 Å². The number of aromatic nitrogens is 2. The first-order valence-corrected chi connectivity index (χ1v) is 8.84. The minimum absolute atomic E-state index is 0.0112. The quantitative estimate of drug-likeness (QED) is 0.515. The van der Waals surface area contributed by atoms with E-state index in [4.69, 9.17) is 16.0 Å². The number of carbonyl (C=O) groups excluding carboxylic acids is 2. The molecule has 0 saturated heterocycles. The molecule has 2 amide bonds. The fourth-order valence-electron chi connectivity index (χ4n) is 1.93. The third kappa shape index (κ3) is 4.84. The van der Waals surface area contributed by atoms with Crippen LogP contribution in [0.1, 0.15) is 10.4 Å². The molecule has 1 aromatic heterocycles. The van der Waals surface area contributed by atoms with Crippen molar-refractivity contribution in [3.8, 4) is 11.5 Å². The van der Waals surface area contributed by atoms with Crippen molar-refractivity contribution < 1.29 is 14.0 Å². The topological polar surface area (TPSA) is 97.1 Å². The summed E-state index contributed by atoms with van der Waals surface area (Å²) in [6.07, 6.45) is 0. The van der Waals surface area contributed by atoms with E-state index in [9.17, 15) is 9.59 Å². The maximum Gasteiger partial charge on any atom is 0.277 e. The highest BCUT2D eigenvalue weighted by atomic mass is 35.5. The van der Waals surface area contributed by atoms with E-state index in [1.807, 2.05) is 30.3 Å². The zero-order valence-electron chi connectivity index (χ0n) is 13.3. The van der Waals surface area contributed by atoms with E-state index in [0.717, 1.165) is 17.3 Å². The number of hydrogen-bond acceptors (Lipinski definition) is 6. The summed E-state index contributed by atoms with van der Waals surface area (Å²) in [6.45, 7) is 0. The standard InChI is InChI=1S/C17H13ClN4O3S/c18-13-8-6-11(7-9-13)15(24)20-19-14(23)10-26-17-22-21-16(25-17)12-4-2-1-3-5-12/h1-9H,10H2,(H,19,23)(H,20,24). The van der Waals surface area contributed by atoms with Crippen molar-refractivity contribution in [1.29, 1.82) is 0 Å². The summed E-state index contributed by atoms with van der Waals surface area (Å²) in [4.78, 5) is 23.7. The summed E-state index contributed by atoms with van der Waals surface area (Å²) in [5.41, 5.74) is 5.83. The van der Waals surface area contributed by atoms with Gasteiger partial charge in [0.05, 0.1) is 5.75 Å². The van der Waals surface area contributed by atoms with Gasteiger partial charge in [-0.1, -0.05) is 41.6 Å². The Morgan fingerprint density at radius 3 is 2.46 bits per heavy atom.